The first-order valence-electron chi connectivity index (χ1n) is 8.92. The van der Waals surface area contributed by atoms with Gasteiger partial charge in [-0.05, 0) is 24.3 Å². The Bertz CT molecular complexity index is 1080. The van der Waals surface area contributed by atoms with Crippen LogP contribution in [0.25, 0.3) is 16.9 Å². The van der Waals surface area contributed by atoms with Gasteiger partial charge in [0, 0.05) is 36.6 Å². The summed E-state index contributed by atoms with van der Waals surface area (Å²) in [4.78, 5) is 17.2. The Kier molecular flexibility index (Phi) is 4.83. The van der Waals surface area contributed by atoms with E-state index in [0.29, 0.717) is 11.3 Å². The van der Waals surface area contributed by atoms with Crippen LogP contribution in [0.4, 0.5) is 22.0 Å². The highest BCUT2D eigenvalue weighted by Gasteiger charge is 2.48. The van der Waals surface area contributed by atoms with Crippen LogP contribution in [0.1, 0.15) is 24.6 Å². The number of ether oxygens (including phenoxy) is 1. The topological polar surface area (TPSA) is 72.8 Å². The molecule has 30 heavy (non-hydrogen) atoms. The highest BCUT2D eigenvalue weighted by molar-refractivity contribution is 5.57. The summed E-state index contributed by atoms with van der Waals surface area (Å²) >= 11 is 0. The Morgan fingerprint density at radius 2 is 1.90 bits per heavy atom. The molecule has 1 aliphatic carbocycles. The largest absolute Gasteiger partial charge is 0.484 e. The van der Waals surface area contributed by atoms with Crippen molar-refractivity contribution in [3.63, 3.8) is 0 Å². The second-order valence-corrected chi connectivity index (χ2v) is 7.02. The molecule has 1 aromatic carbocycles. The third-order valence-electron chi connectivity index (χ3n) is 4.69. The maximum absolute atomic E-state index is 13.5. The number of aromatic amines is 1. The Morgan fingerprint density at radius 3 is 2.47 bits per heavy atom. The molecular formula is C19H15F5N4O2. The molecule has 1 aliphatic rings. The van der Waals surface area contributed by atoms with Crippen molar-refractivity contribution in [2.75, 3.05) is 6.61 Å². The Balaban J connectivity index is 1.71. The highest BCUT2D eigenvalue weighted by atomic mass is 19.4. The minimum Gasteiger partial charge on any atom is -0.484 e. The first-order chi connectivity index (χ1) is 14.1. The molecular weight excluding hydrogens is 411 g/mol. The molecule has 3 aromatic rings. The second kappa shape index (κ2) is 7.22. The van der Waals surface area contributed by atoms with E-state index in [1.807, 2.05) is 0 Å². The Hall–Kier alpha value is -3.24. The lowest BCUT2D eigenvalue weighted by Crippen LogP contribution is -2.38. The van der Waals surface area contributed by atoms with Crippen molar-refractivity contribution in [2.45, 2.75) is 30.9 Å². The fraction of sp³-hybridized carbons (Fsp3) is 0.316. The zero-order valence-corrected chi connectivity index (χ0v) is 15.3. The van der Waals surface area contributed by atoms with Gasteiger partial charge in [-0.25, -0.2) is 13.8 Å². The number of aromatic nitrogens is 4. The van der Waals surface area contributed by atoms with E-state index in [9.17, 15) is 26.7 Å². The van der Waals surface area contributed by atoms with E-state index in [4.69, 9.17) is 0 Å². The van der Waals surface area contributed by atoms with Gasteiger partial charge in [0.05, 0.1) is 17.6 Å². The summed E-state index contributed by atoms with van der Waals surface area (Å²) in [5.41, 5.74) is 0.606. The van der Waals surface area contributed by atoms with Crippen LogP contribution < -0.4 is 10.3 Å². The Morgan fingerprint density at radius 1 is 1.20 bits per heavy atom. The summed E-state index contributed by atoms with van der Waals surface area (Å²) in [6, 6.07) is 6.56. The van der Waals surface area contributed by atoms with Crippen LogP contribution in [-0.4, -0.2) is 38.5 Å². The van der Waals surface area contributed by atoms with Crippen LogP contribution in [0.3, 0.4) is 0 Å². The summed E-state index contributed by atoms with van der Waals surface area (Å²) in [6.45, 7) is -1.45. The maximum atomic E-state index is 13.5. The zero-order chi connectivity index (χ0) is 21.5. The minimum atomic E-state index is -4.48. The molecule has 0 aliphatic heterocycles. The molecule has 1 N–H and O–H groups in total. The summed E-state index contributed by atoms with van der Waals surface area (Å²) < 4.78 is 69.7. The van der Waals surface area contributed by atoms with Gasteiger partial charge in [0.15, 0.2) is 6.61 Å². The molecule has 6 nitrogen and oxygen atoms in total. The number of nitrogens with zero attached hydrogens (tertiary/aromatic N) is 3. The van der Waals surface area contributed by atoms with Gasteiger partial charge in [-0.1, -0.05) is 0 Å². The number of nitrogens with one attached hydrogen (secondary N) is 1. The molecule has 0 bridgehead atoms. The van der Waals surface area contributed by atoms with Crippen LogP contribution in [0.15, 0.2) is 47.5 Å². The number of hydrogen-bond donors (Lipinski definition) is 1. The van der Waals surface area contributed by atoms with Gasteiger partial charge in [0.2, 0.25) is 5.92 Å². The van der Waals surface area contributed by atoms with Crippen LogP contribution in [0.5, 0.6) is 5.75 Å². The number of hydrogen-bond acceptors (Lipinski definition) is 4. The van der Waals surface area contributed by atoms with Crippen LogP contribution in [0, 0.1) is 0 Å². The number of halogens is 5. The standard InChI is InChI=1S/C19H15F5N4O2/c20-18(21)6-11(7-18)17-27-15(12-8-25-26-9-12)5-16(29)28(17)13-1-3-14(4-2-13)30-10-19(22,23)24/h1-5,8-9,11H,6-7,10H2,(H,25,26). The molecule has 2 heterocycles. The number of alkyl halides is 5. The smallest absolute Gasteiger partial charge is 0.422 e. The lowest BCUT2D eigenvalue weighted by atomic mass is 9.80. The second-order valence-electron chi connectivity index (χ2n) is 7.02. The summed E-state index contributed by atoms with van der Waals surface area (Å²) in [5, 5.41) is 6.40. The molecule has 158 valence electrons. The van der Waals surface area contributed by atoms with Gasteiger partial charge in [-0.15, -0.1) is 0 Å². The van der Waals surface area contributed by atoms with Crippen LogP contribution in [-0.2, 0) is 0 Å². The van der Waals surface area contributed by atoms with Crippen LogP contribution >= 0.6 is 0 Å². The average Bonchev–Trinajstić information content (AvgIpc) is 3.18. The highest BCUT2D eigenvalue weighted by Crippen LogP contribution is 2.48. The van der Waals surface area contributed by atoms with Crippen LogP contribution in [0.2, 0.25) is 0 Å². The van der Waals surface area contributed by atoms with Crippen molar-refractivity contribution in [1.29, 1.82) is 0 Å². The molecule has 2 aromatic heterocycles. The molecule has 1 fully saturated rings. The fourth-order valence-electron chi connectivity index (χ4n) is 3.27. The Labute approximate surface area is 166 Å². The van der Waals surface area contributed by atoms with Gasteiger partial charge >= 0.3 is 6.18 Å². The molecule has 1 saturated carbocycles. The van der Waals surface area contributed by atoms with E-state index >= 15 is 0 Å². The monoisotopic (exact) mass is 426 g/mol. The normalized spacial score (nSPS) is 16.3. The van der Waals surface area contributed by atoms with Crippen molar-refractivity contribution in [3.8, 4) is 22.7 Å². The predicted molar refractivity (Wildman–Crippen MR) is 95.9 cm³/mol. The predicted octanol–water partition coefficient (Wildman–Crippen LogP) is 4.08. The molecule has 4 rings (SSSR count). The van der Waals surface area contributed by atoms with Gasteiger partial charge in [0.25, 0.3) is 5.56 Å². The number of H-pyrrole nitrogens is 1. The lowest BCUT2D eigenvalue weighted by molar-refractivity contribution is -0.153. The van der Waals surface area contributed by atoms with Gasteiger partial charge in [-0.2, -0.15) is 18.3 Å². The van der Waals surface area contributed by atoms with Gasteiger partial charge < -0.3 is 4.74 Å². The molecule has 0 saturated heterocycles. The molecule has 11 heteroatoms. The van der Waals surface area contributed by atoms with E-state index in [2.05, 4.69) is 19.9 Å². The number of rotatable bonds is 5. The summed E-state index contributed by atoms with van der Waals surface area (Å²) in [5.74, 6) is -3.34. The van der Waals surface area contributed by atoms with Crippen molar-refractivity contribution < 1.29 is 26.7 Å². The van der Waals surface area contributed by atoms with Gasteiger partial charge in [0.1, 0.15) is 11.6 Å². The summed E-state index contributed by atoms with van der Waals surface area (Å²) in [6.07, 6.45) is -2.39. The molecule has 0 amide bonds. The zero-order valence-electron chi connectivity index (χ0n) is 15.3. The maximum Gasteiger partial charge on any atom is 0.422 e. The molecule has 0 atom stereocenters. The quantitative estimate of drug-likeness (QED) is 0.625. The lowest BCUT2D eigenvalue weighted by Gasteiger charge is -2.35. The van der Waals surface area contributed by atoms with Crippen molar-refractivity contribution >= 4 is 0 Å². The minimum absolute atomic E-state index is 0.0381. The van der Waals surface area contributed by atoms with E-state index in [1.54, 1.807) is 0 Å². The van der Waals surface area contributed by atoms with E-state index in [-0.39, 0.29) is 17.3 Å². The molecule has 0 radical (unpaired) electrons. The van der Waals surface area contributed by atoms with Crippen molar-refractivity contribution in [1.82, 2.24) is 19.7 Å². The van der Waals surface area contributed by atoms with Gasteiger partial charge in [-0.3, -0.25) is 14.5 Å². The van der Waals surface area contributed by atoms with E-state index < -0.39 is 43.0 Å². The fourth-order valence-corrected chi connectivity index (χ4v) is 3.27. The third-order valence-corrected chi connectivity index (χ3v) is 4.69. The average molecular weight is 426 g/mol. The van der Waals surface area contributed by atoms with Crippen molar-refractivity contribution in [3.05, 3.63) is 58.9 Å². The SMILES string of the molecule is O=c1cc(-c2cn[nH]c2)nc(C2CC(F)(F)C2)n1-c1ccc(OCC(F)(F)F)cc1. The third kappa shape index (κ3) is 4.19. The molecule has 0 spiro atoms. The van der Waals surface area contributed by atoms with E-state index in [0.717, 1.165) is 0 Å². The summed E-state index contributed by atoms with van der Waals surface area (Å²) in [7, 11) is 0. The molecule has 0 unspecified atom stereocenters. The first-order valence-corrected chi connectivity index (χ1v) is 8.92. The number of benzene rings is 1. The van der Waals surface area contributed by atoms with E-state index in [1.165, 1.54) is 47.3 Å². The van der Waals surface area contributed by atoms with Crippen molar-refractivity contribution in [2.24, 2.45) is 0 Å². The first kappa shape index (κ1) is 20.0.